The quantitative estimate of drug-likeness (QED) is 0.672. The van der Waals surface area contributed by atoms with Gasteiger partial charge < -0.3 is 10.1 Å². The number of nitro groups is 1. The maximum Gasteiger partial charge on any atom is 0.295 e. The van der Waals surface area contributed by atoms with Crippen LogP contribution >= 0.6 is 11.6 Å². The molecule has 0 spiro atoms. The lowest BCUT2D eigenvalue weighted by Crippen LogP contribution is -2.03. The summed E-state index contributed by atoms with van der Waals surface area (Å²) in [6.45, 7) is 2.58. The smallest absolute Gasteiger partial charge is 0.295 e. The highest BCUT2D eigenvalue weighted by molar-refractivity contribution is 6.31. The van der Waals surface area contributed by atoms with Gasteiger partial charge in [-0.15, -0.1) is 0 Å². The number of halogens is 1. The molecule has 0 radical (unpaired) electrons. The molecule has 0 atom stereocenters. The lowest BCUT2D eigenvalue weighted by molar-refractivity contribution is -0.384. The second-order valence-electron chi connectivity index (χ2n) is 4.20. The highest BCUT2D eigenvalue weighted by atomic mass is 35.5. The van der Waals surface area contributed by atoms with E-state index in [1.165, 1.54) is 13.2 Å². The molecule has 0 unspecified atom stereocenters. The minimum Gasteiger partial charge on any atom is -0.496 e. The van der Waals surface area contributed by atoms with Crippen LogP contribution in [0.3, 0.4) is 0 Å². The number of rotatable bonds is 5. The summed E-state index contributed by atoms with van der Waals surface area (Å²) >= 11 is 5.99. The van der Waals surface area contributed by atoms with E-state index < -0.39 is 4.92 Å². The number of anilines is 1. The number of nitrogens with zero attached hydrogens (tertiary/aromatic N) is 2. The summed E-state index contributed by atoms with van der Waals surface area (Å²) in [5.41, 5.74) is 0.603. The molecule has 0 fully saturated rings. The predicted molar refractivity (Wildman–Crippen MR) is 82.1 cm³/mol. The number of nitrogens with one attached hydrogen (secondary N) is 1. The molecule has 1 heterocycles. The van der Waals surface area contributed by atoms with Crippen LogP contribution in [-0.2, 0) is 0 Å². The average molecular weight is 308 g/mol. The Morgan fingerprint density at radius 3 is 2.76 bits per heavy atom. The van der Waals surface area contributed by atoms with Crippen LogP contribution in [0.4, 0.5) is 11.5 Å². The molecule has 6 nitrogen and oxygen atoms in total. The molecule has 0 aliphatic carbocycles. The zero-order valence-electron chi connectivity index (χ0n) is 11.6. The molecule has 21 heavy (non-hydrogen) atoms. The summed E-state index contributed by atoms with van der Waals surface area (Å²) in [6.07, 6.45) is 0. The maximum atomic E-state index is 11.2. The fourth-order valence-corrected chi connectivity index (χ4v) is 2.11. The number of aromatic nitrogens is 1. The molecule has 7 heteroatoms. The van der Waals surface area contributed by atoms with Gasteiger partial charge in [0.2, 0.25) is 0 Å². The van der Waals surface area contributed by atoms with Crippen molar-refractivity contribution in [3.63, 3.8) is 0 Å². The van der Waals surface area contributed by atoms with E-state index in [9.17, 15) is 10.1 Å². The second kappa shape index (κ2) is 6.41. The third kappa shape index (κ3) is 3.22. The molecule has 0 bridgehead atoms. The molecule has 2 rings (SSSR count). The zero-order valence-corrected chi connectivity index (χ0v) is 12.3. The Morgan fingerprint density at radius 2 is 2.14 bits per heavy atom. The van der Waals surface area contributed by atoms with Crippen molar-refractivity contribution in [2.24, 2.45) is 0 Å². The first-order valence-corrected chi connectivity index (χ1v) is 6.67. The third-order valence-electron chi connectivity index (χ3n) is 2.85. The van der Waals surface area contributed by atoms with Gasteiger partial charge in [0.25, 0.3) is 5.69 Å². The van der Waals surface area contributed by atoms with Gasteiger partial charge in [-0.05, 0) is 31.2 Å². The van der Waals surface area contributed by atoms with Crippen LogP contribution in [0.15, 0.2) is 30.3 Å². The van der Waals surface area contributed by atoms with Gasteiger partial charge in [-0.25, -0.2) is 4.98 Å². The zero-order chi connectivity index (χ0) is 15.4. The van der Waals surface area contributed by atoms with Crippen LogP contribution in [0, 0.1) is 10.1 Å². The van der Waals surface area contributed by atoms with Crippen LogP contribution in [-0.4, -0.2) is 23.6 Å². The van der Waals surface area contributed by atoms with Crippen molar-refractivity contribution >= 4 is 23.1 Å². The summed E-state index contributed by atoms with van der Waals surface area (Å²) in [5, 5.41) is 14.7. The SMILES string of the molecule is CCNc1ccc([N+](=O)[O-])c(-c2cc(Cl)ccc2OC)n1. The normalized spacial score (nSPS) is 10.2. The Kier molecular flexibility index (Phi) is 4.59. The molecule has 0 aliphatic heterocycles. The van der Waals surface area contributed by atoms with Crippen LogP contribution in [0.5, 0.6) is 5.75 Å². The molecular weight excluding hydrogens is 294 g/mol. The Bertz CT molecular complexity index is 677. The summed E-state index contributed by atoms with van der Waals surface area (Å²) in [4.78, 5) is 15.1. The van der Waals surface area contributed by atoms with E-state index in [0.29, 0.717) is 28.7 Å². The fourth-order valence-electron chi connectivity index (χ4n) is 1.94. The number of ether oxygens (including phenoxy) is 1. The van der Waals surface area contributed by atoms with Crippen molar-refractivity contribution in [3.05, 3.63) is 45.5 Å². The first kappa shape index (κ1) is 15.1. The van der Waals surface area contributed by atoms with Crippen molar-refractivity contribution in [1.29, 1.82) is 0 Å². The minimum absolute atomic E-state index is 0.0998. The lowest BCUT2D eigenvalue weighted by Gasteiger charge is -2.10. The average Bonchev–Trinajstić information content (AvgIpc) is 2.47. The first-order chi connectivity index (χ1) is 10.1. The van der Waals surface area contributed by atoms with Gasteiger partial charge >= 0.3 is 0 Å². The van der Waals surface area contributed by atoms with E-state index in [1.54, 1.807) is 24.3 Å². The van der Waals surface area contributed by atoms with Gasteiger partial charge in [-0.1, -0.05) is 11.6 Å². The molecule has 110 valence electrons. The number of hydrogen-bond acceptors (Lipinski definition) is 5. The van der Waals surface area contributed by atoms with Crippen LogP contribution in [0.2, 0.25) is 5.02 Å². The van der Waals surface area contributed by atoms with Gasteiger partial charge in [0.15, 0.2) is 5.69 Å². The first-order valence-electron chi connectivity index (χ1n) is 6.30. The van der Waals surface area contributed by atoms with Crippen molar-refractivity contribution in [2.45, 2.75) is 6.92 Å². The van der Waals surface area contributed by atoms with Gasteiger partial charge in [-0.2, -0.15) is 0 Å². The molecule has 0 saturated heterocycles. The van der Waals surface area contributed by atoms with Crippen LogP contribution < -0.4 is 10.1 Å². The number of hydrogen-bond donors (Lipinski definition) is 1. The van der Waals surface area contributed by atoms with E-state index in [2.05, 4.69) is 10.3 Å². The number of methoxy groups -OCH3 is 1. The van der Waals surface area contributed by atoms with Crippen molar-refractivity contribution in [1.82, 2.24) is 4.98 Å². The van der Waals surface area contributed by atoms with Crippen molar-refractivity contribution in [2.75, 3.05) is 19.0 Å². The van der Waals surface area contributed by atoms with E-state index in [4.69, 9.17) is 16.3 Å². The van der Waals surface area contributed by atoms with Gasteiger partial charge in [0.05, 0.1) is 17.6 Å². The molecule has 0 saturated carbocycles. The summed E-state index contributed by atoms with van der Waals surface area (Å²) < 4.78 is 5.25. The van der Waals surface area contributed by atoms with Gasteiger partial charge in [-0.3, -0.25) is 10.1 Å². The number of benzene rings is 1. The predicted octanol–water partition coefficient (Wildman–Crippen LogP) is 3.75. The molecular formula is C14H14ClN3O3. The van der Waals surface area contributed by atoms with Crippen molar-refractivity contribution in [3.8, 4) is 17.0 Å². The molecule has 1 aromatic heterocycles. The van der Waals surface area contributed by atoms with Crippen LogP contribution in [0.1, 0.15) is 6.92 Å². The van der Waals surface area contributed by atoms with Gasteiger partial charge in [0.1, 0.15) is 11.6 Å². The molecule has 0 aliphatic rings. The Hall–Kier alpha value is -2.34. The lowest BCUT2D eigenvalue weighted by atomic mass is 10.1. The largest absolute Gasteiger partial charge is 0.496 e. The van der Waals surface area contributed by atoms with Crippen LogP contribution in [0.25, 0.3) is 11.3 Å². The van der Waals surface area contributed by atoms with E-state index in [1.807, 2.05) is 6.92 Å². The Morgan fingerprint density at radius 1 is 1.38 bits per heavy atom. The highest BCUT2D eigenvalue weighted by Crippen LogP contribution is 2.37. The highest BCUT2D eigenvalue weighted by Gasteiger charge is 2.21. The maximum absolute atomic E-state index is 11.2. The summed E-state index contributed by atoms with van der Waals surface area (Å²) in [5.74, 6) is 1.03. The third-order valence-corrected chi connectivity index (χ3v) is 3.08. The Balaban J connectivity index is 2.67. The van der Waals surface area contributed by atoms with E-state index in [0.717, 1.165) is 0 Å². The van der Waals surface area contributed by atoms with Crippen molar-refractivity contribution < 1.29 is 9.66 Å². The van der Waals surface area contributed by atoms with E-state index >= 15 is 0 Å². The summed E-state index contributed by atoms with van der Waals surface area (Å²) in [6, 6.07) is 7.90. The topological polar surface area (TPSA) is 77.3 Å². The fraction of sp³-hybridized carbons (Fsp3) is 0.214. The standard InChI is InChI=1S/C14H14ClN3O3/c1-3-16-13-7-5-11(18(19)20)14(17-13)10-8-9(15)4-6-12(10)21-2/h4-8H,3H2,1-2H3,(H,16,17). The molecule has 1 N–H and O–H groups in total. The molecule has 1 aromatic carbocycles. The number of pyridine rings is 1. The van der Waals surface area contributed by atoms with E-state index in [-0.39, 0.29) is 11.4 Å². The monoisotopic (exact) mass is 307 g/mol. The second-order valence-corrected chi connectivity index (χ2v) is 4.63. The summed E-state index contributed by atoms with van der Waals surface area (Å²) in [7, 11) is 1.49. The molecule has 2 aromatic rings. The minimum atomic E-state index is -0.474. The molecule has 0 amide bonds. The Labute approximate surface area is 126 Å². The van der Waals surface area contributed by atoms with Gasteiger partial charge in [0, 0.05) is 17.6 Å².